The molecule has 33 heavy (non-hydrogen) atoms. The Kier molecular flexibility index (Phi) is 7.08. The van der Waals surface area contributed by atoms with Crippen LogP contribution in [0.25, 0.3) is 0 Å². The predicted octanol–water partition coefficient (Wildman–Crippen LogP) is 5.39. The number of nitrogens with one attached hydrogen (secondary N) is 1. The highest BCUT2D eigenvalue weighted by Gasteiger charge is 2.29. The number of methoxy groups -OCH3 is 2. The summed E-state index contributed by atoms with van der Waals surface area (Å²) in [7, 11) is 3.25. The summed E-state index contributed by atoms with van der Waals surface area (Å²) in [5.74, 6) is 1.33. The zero-order chi connectivity index (χ0) is 23.2. The maximum atomic E-state index is 13.2. The molecule has 2 atom stereocenters. The van der Waals surface area contributed by atoms with Crippen molar-refractivity contribution in [2.24, 2.45) is 0 Å². The molecule has 0 radical (unpaired) electrons. The number of hydrogen-bond acceptors (Lipinski definition) is 4. The van der Waals surface area contributed by atoms with Crippen molar-refractivity contribution in [1.29, 1.82) is 0 Å². The van der Waals surface area contributed by atoms with Gasteiger partial charge in [-0.25, -0.2) is 0 Å². The van der Waals surface area contributed by atoms with E-state index in [1.165, 1.54) is 0 Å². The number of carbonyl (C=O) groups excluding carboxylic acids is 2. The largest absolute Gasteiger partial charge is 0.493 e. The van der Waals surface area contributed by atoms with Crippen LogP contribution in [0.1, 0.15) is 63.4 Å². The Morgan fingerprint density at radius 1 is 0.758 bits per heavy atom. The van der Waals surface area contributed by atoms with Crippen molar-refractivity contribution >= 4 is 11.7 Å². The minimum absolute atomic E-state index is 0.0119. The van der Waals surface area contributed by atoms with Gasteiger partial charge in [0.25, 0.3) is 5.91 Å². The molecule has 0 aliphatic heterocycles. The highest BCUT2D eigenvalue weighted by atomic mass is 16.5. The van der Waals surface area contributed by atoms with E-state index in [-0.39, 0.29) is 23.7 Å². The van der Waals surface area contributed by atoms with Crippen LogP contribution in [-0.2, 0) is 0 Å². The van der Waals surface area contributed by atoms with Gasteiger partial charge in [-0.3, -0.25) is 9.59 Å². The van der Waals surface area contributed by atoms with Crippen molar-refractivity contribution in [3.8, 4) is 11.5 Å². The van der Waals surface area contributed by atoms with Gasteiger partial charge in [0.1, 0.15) is 0 Å². The fourth-order valence-corrected chi connectivity index (χ4v) is 4.60. The first-order chi connectivity index (χ1) is 16.1. The van der Waals surface area contributed by atoms with Gasteiger partial charge in [0, 0.05) is 28.7 Å². The van der Waals surface area contributed by atoms with E-state index in [0.29, 0.717) is 28.2 Å². The number of benzene rings is 3. The van der Waals surface area contributed by atoms with Gasteiger partial charge in [-0.05, 0) is 42.7 Å². The van der Waals surface area contributed by atoms with E-state index in [4.69, 9.17) is 9.47 Å². The third kappa shape index (κ3) is 5.08. The van der Waals surface area contributed by atoms with Crippen molar-refractivity contribution in [2.75, 3.05) is 14.2 Å². The molecule has 3 aromatic carbocycles. The summed E-state index contributed by atoms with van der Waals surface area (Å²) in [5.41, 5.74) is 2.74. The lowest BCUT2D eigenvalue weighted by Gasteiger charge is -2.33. The second-order valence-electron chi connectivity index (χ2n) is 8.36. The van der Waals surface area contributed by atoms with Gasteiger partial charge in [0.2, 0.25) is 0 Å². The van der Waals surface area contributed by atoms with E-state index in [0.717, 1.165) is 31.2 Å². The van der Waals surface area contributed by atoms with Crippen molar-refractivity contribution < 1.29 is 19.1 Å². The number of amides is 1. The number of ketones is 1. The summed E-state index contributed by atoms with van der Waals surface area (Å²) < 4.78 is 10.8. The topological polar surface area (TPSA) is 64.6 Å². The van der Waals surface area contributed by atoms with Crippen LogP contribution in [0.3, 0.4) is 0 Å². The number of hydrogen-bond donors (Lipinski definition) is 1. The van der Waals surface area contributed by atoms with Gasteiger partial charge in [-0.2, -0.15) is 0 Å². The summed E-state index contributed by atoms with van der Waals surface area (Å²) in [5, 5.41) is 3.23. The second kappa shape index (κ2) is 10.3. The molecule has 5 nitrogen and oxygen atoms in total. The van der Waals surface area contributed by atoms with E-state index >= 15 is 0 Å². The molecule has 1 aliphatic rings. The molecule has 1 saturated carbocycles. The molecular weight excluding hydrogens is 414 g/mol. The van der Waals surface area contributed by atoms with Gasteiger partial charge < -0.3 is 14.8 Å². The van der Waals surface area contributed by atoms with Crippen LogP contribution in [0.15, 0.2) is 72.8 Å². The smallest absolute Gasteiger partial charge is 0.251 e. The predicted molar refractivity (Wildman–Crippen MR) is 128 cm³/mol. The van der Waals surface area contributed by atoms with Gasteiger partial charge in [-0.1, -0.05) is 61.4 Å². The molecule has 0 aromatic heterocycles. The van der Waals surface area contributed by atoms with E-state index in [1.54, 1.807) is 50.6 Å². The molecule has 0 heterocycles. The quantitative estimate of drug-likeness (QED) is 0.497. The van der Waals surface area contributed by atoms with Crippen LogP contribution < -0.4 is 14.8 Å². The van der Waals surface area contributed by atoms with Gasteiger partial charge in [-0.15, -0.1) is 0 Å². The number of carbonyl (C=O) groups is 2. The van der Waals surface area contributed by atoms with E-state index < -0.39 is 0 Å². The van der Waals surface area contributed by atoms with Crippen LogP contribution in [0.4, 0.5) is 0 Å². The van der Waals surface area contributed by atoms with Crippen LogP contribution >= 0.6 is 0 Å². The fourth-order valence-electron chi connectivity index (χ4n) is 4.60. The lowest BCUT2D eigenvalue weighted by molar-refractivity contribution is 0.0920. The average molecular weight is 444 g/mol. The summed E-state index contributed by atoms with van der Waals surface area (Å²) in [6, 6.07) is 22.0. The second-order valence-corrected chi connectivity index (χ2v) is 8.36. The van der Waals surface area contributed by atoms with Gasteiger partial charge in [0.15, 0.2) is 17.3 Å². The van der Waals surface area contributed by atoms with Crippen LogP contribution in [-0.4, -0.2) is 32.0 Å². The molecule has 0 bridgehead atoms. The molecule has 1 fully saturated rings. The molecule has 3 aromatic rings. The first kappa shape index (κ1) is 22.6. The summed E-state index contributed by atoms with van der Waals surface area (Å²) >= 11 is 0. The lowest BCUT2D eigenvalue weighted by Crippen LogP contribution is -2.41. The van der Waals surface area contributed by atoms with Crippen LogP contribution in [0.5, 0.6) is 11.5 Å². The van der Waals surface area contributed by atoms with Gasteiger partial charge in [0.05, 0.1) is 14.2 Å². The summed E-state index contributed by atoms with van der Waals surface area (Å²) in [4.78, 5) is 26.0. The average Bonchev–Trinajstić information content (AvgIpc) is 2.88. The summed E-state index contributed by atoms with van der Waals surface area (Å²) in [6.45, 7) is 0. The third-order valence-corrected chi connectivity index (χ3v) is 6.34. The van der Waals surface area contributed by atoms with Crippen molar-refractivity contribution in [2.45, 2.75) is 37.6 Å². The molecule has 4 rings (SSSR count). The fraction of sp³-hybridized carbons (Fsp3) is 0.286. The highest BCUT2D eigenvalue weighted by molar-refractivity contribution is 6.10. The molecule has 1 N–H and O–H groups in total. The van der Waals surface area contributed by atoms with E-state index in [1.807, 2.05) is 30.3 Å². The van der Waals surface area contributed by atoms with E-state index in [9.17, 15) is 9.59 Å². The molecule has 1 aliphatic carbocycles. The lowest BCUT2D eigenvalue weighted by atomic mass is 9.79. The normalized spacial score (nSPS) is 17.8. The van der Waals surface area contributed by atoms with Crippen LogP contribution in [0.2, 0.25) is 0 Å². The standard InChI is InChI=1S/C28H29NO4/c1-32-25-16-15-20(18-26(25)33-2)23-13-6-7-14-24(23)29-28(31)22-12-8-11-21(17-22)27(30)19-9-4-3-5-10-19/h3-5,8-12,15-18,23-24H,6-7,13-14H2,1-2H3,(H,29,31). The maximum Gasteiger partial charge on any atom is 0.251 e. The Labute approximate surface area is 194 Å². The molecular formula is C28H29NO4. The molecule has 1 amide bonds. The van der Waals surface area contributed by atoms with Crippen molar-refractivity contribution in [1.82, 2.24) is 5.32 Å². The molecule has 2 unspecified atom stereocenters. The Balaban J connectivity index is 1.53. The molecule has 0 saturated heterocycles. The number of ether oxygens (including phenoxy) is 2. The van der Waals surface area contributed by atoms with Crippen molar-refractivity contribution in [3.05, 3.63) is 95.1 Å². The number of rotatable bonds is 7. The summed E-state index contributed by atoms with van der Waals surface area (Å²) in [6.07, 6.45) is 4.09. The Hall–Kier alpha value is -3.60. The first-order valence-corrected chi connectivity index (χ1v) is 11.3. The monoisotopic (exact) mass is 443 g/mol. The Morgan fingerprint density at radius 3 is 2.21 bits per heavy atom. The zero-order valence-electron chi connectivity index (χ0n) is 19.0. The van der Waals surface area contributed by atoms with Crippen LogP contribution in [0, 0.1) is 0 Å². The Bertz CT molecular complexity index is 1130. The minimum atomic E-state index is -0.157. The zero-order valence-corrected chi connectivity index (χ0v) is 19.0. The van der Waals surface area contributed by atoms with Crippen molar-refractivity contribution in [3.63, 3.8) is 0 Å². The molecule has 170 valence electrons. The SMILES string of the molecule is COc1ccc(C2CCCCC2NC(=O)c2cccc(C(=O)c3ccccc3)c2)cc1OC. The molecule has 0 spiro atoms. The Morgan fingerprint density at radius 2 is 1.45 bits per heavy atom. The minimum Gasteiger partial charge on any atom is -0.493 e. The van der Waals surface area contributed by atoms with E-state index in [2.05, 4.69) is 11.4 Å². The first-order valence-electron chi connectivity index (χ1n) is 11.3. The third-order valence-electron chi connectivity index (χ3n) is 6.34. The molecule has 5 heteroatoms. The maximum absolute atomic E-state index is 13.2. The highest BCUT2D eigenvalue weighted by Crippen LogP contribution is 2.37. The van der Waals surface area contributed by atoms with Gasteiger partial charge >= 0.3 is 0 Å².